The van der Waals surface area contributed by atoms with E-state index in [2.05, 4.69) is 6.07 Å². The lowest BCUT2D eigenvalue weighted by molar-refractivity contribution is 0.238. The molecule has 1 saturated heterocycles. The SMILES string of the molecule is NC1(c2ccc(OC3CSC3)c(Cl)c2)CCC1. The summed E-state index contributed by atoms with van der Waals surface area (Å²) in [6, 6.07) is 6.00. The molecule has 92 valence electrons. The molecule has 2 aliphatic rings. The number of benzene rings is 1. The number of ether oxygens (including phenoxy) is 1. The van der Waals surface area contributed by atoms with E-state index in [9.17, 15) is 0 Å². The highest BCUT2D eigenvalue weighted by atomic mass is 35.5. The van der Waals surface area contributed by atoms with Crippen LogP contribution in [0.4, 0.5) is 0 Å². The highest BCUT2D eigenvalue weighted by Gasteiger charge is 2.34. The van der Waals surface area contributed by atoms with E-state index in [0.717, 1.165) is 35.7 Å². The van der Waals surface area contributed by atoms with Crippen molar-refractivity contribution in [2.24, 2.45) is 5.73 Å². The van der Waals surface area contributed by atoms with Crippen LogP contribution in [-0.4, -0.2) is 17.6 Å². The van der Waals surface area contributed by atoms with Gasteiger partial charge < -0.3 is 10.5 Å². The molecule has 1 aromatic carbocycles. The fourth-order valence-electron chi connectivity index (χ4n) is 2.21. The van der Waals surface area contributed by atoms with Gasteiger partial charge in [0, 0.05) is 17.0 Å². The Kier molecular flexibility index (Phi) is 3.01. The molecule has 0 amide bonds. The predicted molar refractivity (Wildman–Crippen MR) is 72.9 cm³/mol. The van der Waals surface area contributed by atoms with Crippen molar-refractivity contribution in [2.45, 2.75) is 30.9 Å². The largest absolute Gasteiger partial charge is 0.487 e. The molecule has 1 aromatic rings. The van der Waals surface area contributed by atoms with Crippen LogP contribution in [0.3, 0.4) is 0 Å². The second kappa shape index (κ2) is 4.38. The van der Waals surface area contributed by atoms with Crippen molar-refractivity contribution in [1.82, 2.24) is 0 Å². The fraction of sp³-hybridized carbons (Fsp3) is 0.538. The van der Waals surface area contributed by atoms with Gasteiger partial charge in [-0.05, 0) is 37.0 Å². The smallest absolute Gasteiger partial charge is 0.138 e. The Bertz CT molecular complexity index is 429. The molecule has 3 rings (SSSR count). The highest BCUT2D eigenvalue weighted by molar-refractivity contribution is 8.00. The van der Waals surface area contributed by atoms with Gasteiger partial charge in [-0.1, -0.05) is 17.7 Å². The predicted octanol–water partition coefficient (Wildman–Crippen LogP) is 3.17. The van der Waals surface area contributed by atoms with E-state index in [4.69, 9.17) is 22.1 Å². The van der Waals surface area contributed by atoms with Crippen LogP contribution in [0.1, 0.15) is 24.8 Å². The molecule has 0 spiro atoms. The molecule has 2 fully saturated rings. The van der Waals surface area contributed by atoms with Gasteiger partial charge in [-0.15, -0.1) is 0 Å². The van der Waals surface area contributed by atoms with E-state index in [1.165, 1.54) is 6.42 Å². The summed E-state index contributed by atoms with van der Waals surface area (Å²) in [6.07, 6.45) is 3.66. The van der Waals surface area contributed by atoms with Crippen molar-refractivity contribution >= 4 is 23.4 Å². The number of hydrogen-bond acceptors (Lipinski definition) is 3. The van der Waals surface area contributed by atoms with E-state index >= 15 is 0 Å². The summed E-state index contributed by atoms with van der Waals surface area (Å²) >= 11 is 8.16. The van der Waals surface area contributed by atoms with Gasteiger partial charge >= 0.3 is 0 Å². The third-order valence-corrected chi connectivity index (χ3v) is 5.16. The summed E-state index contributed by atoms with van der Waals surface area (Å²) in [6.45, 7) is 0. The Morgan fingerprint density at radius 2 is 2.12 bits per heavy atom. The minimum Gasteiger partial charge on any atom is -0.487 e. The number of thioether (sulfide) groups is 1. The fourth-order valence-corrected chi connectivity index (χ4v) is 3.00. The van der Waals surface area contributed by atoms with Gasteiger partial charge in [0.25, 0.3) is 0 Å². The second-order valence-electron chi connectivity index (χ2n) is 4.93. The van der Waals surface area contributed by atoms with E-state index in [0.29, 0.717) is 11.1 Å². The quantitative estimate of drug-likeness (QED) is 0.915. The summed E-state index contributed by atoms with van der Waals surface area (Å²) < 4.78 is 5.81. The summed E-state index contributed by atoms with van der Waals surface area (Å²) in [4.78, 5) is 0. The van der Waals surface area contributed by atoms with Crippen LogP contribution in [0.2, 0.25) is 5.02 Å². The molecular weight excluding hydrogens is 254 g/mol. The van der Waals surface area contributed by atoms with Crippen molar-refractivity contribution < 1.29 is 4.74 Å². The third kappa shape index (κ3) is 2.16. The Hall–Kier alpha value is -0.380. The molecule has 0 aromatic heterocycles. The lowest BCUT2D eigenvalue weighted by atomic mass is 9.73. The van der Waals surface area contributed by atoms with Gasteiger partial charge in [-0.25, -0.2) is 0 Å². The molecule has 1 heterocycles. The Balaban J connectivity index is 1.78. The topological polar surface area (TPSA) is 35.2 Å². The summed E-state index contributed by atoms with van der Waals surface area (Å²) in [5.74, 6) is 2.93. The maximum absolute atomic E-state index is 6.28. The van der Waals surface area contributed by atoms with Crippen LogP contribution in [-0.2, 0) is 5.54 Å². The van der Waals surface area contributed by atoms with Crippen LogP contribution < -0.4 is 10.5 Å². The molecule has 0 atom stereocenters. The number of nitrogens with two attached hydrogens (primary N) is 1. The van der Waals surface area contributed by atoms with E-state index in [1.54, 1.807) is 0 Å². The summed E-state index contributed by atoms with van der Waals surface area (Å²) in [7, 11) is 0. The average Bonchev–Trinajstić information content (AvgIpc) is 2.21. The molecule has 1 aliphatic heterocycles. The van der Waals surface area contributed by atoms with Gasteiger partial charge in [-0.3, -0.25) is 0 Å². The molecule has 2 nitrogen and oxygen atoms in total. The zero-order valence-electron chi connectivity index (χ0n) is 9.62. The first kappa shape index (κ1) is 11.7. The first-order valence-electron chi connectivity index (χ1n) is 6.01. The van der Waals surface area contributed by atoms with Crippen LogP contribution in [0.5, 0.6) is 5.75 Å². The van der Waals surface area contributed by atoms with Crippen molar-refractivity contribution in [2.75, 3.05) is 11.5 Å². The van der Waals surface area contributed by atoms with Crippen LogP contribution in [0.25, 0.3) is 0 Å². The van der Waals surface area contributed by atoms with Gasteiger partial charge in [0.15, 0.2) is 0 Å². The third-order valence-electron chi connectivity index (χ3n) is 3.65. The monoisotopic (exact) mass is 269 g/mol. The number of rotatable bonds is 3. The summed E-state index contributed by atoms with van der Waals surface area (Å²) in [5.41, 5.74) is 7.28. The van der Waals surface area contributed by atoms with Crippen LogP contribution in [0.15, 0.2) is 18.2 Å². The maximum atomic E-state index is 6.28. The molecule has 0 radical (unpaired) electrons. The van der Waals surface area contributed by atoms with Crippen molar-refractivity contribution in [1.29, 1.82) is 0 Å². The van der Waals surface area contributed by atoms with E-state index < -0.39 is 0 Å². The molecule has 4 heteroatoms. The highest BCUT2D eigenvalue weighted by Crippen LogP contribution is 2.41. The molecule has 2 N–H and O–H groups in total. The molecule has 17 heavy (non-hydrogen) atoms. The number of hydrogen-bond donors (Lipinski definition) is 1. The van der Waals surface area contributed by atoms with E-state index in [1.807, 2.05) is 23.9 Å². The number of halogens is 1. The molecule has 1 aliphatic carbocycles. The van der Waals surface area contributed by atoms with Crippen molar-refractivity contribution in [3.63, 3.8) is 0 Å². The zero-order chi connectivity index (χ0) is 11.9. The van der Waals surface area contributed by atoms with Crippen LogP contribution >= 0.6 is 23.4 Å². The minimum atomic E-state index is -0.144. The summed E-state index contributed by atoms with van der Waals surface area (Å²) in [5, 5.41) is 0.691. The lowest BCUT2D eigenvalue weighted by Crippen LogP contribution is -2.43. The lowest BCUT2D eigenvalue weighted by Gasteiger charge is -2.39. The second-order valence-corrected chi connectivity index (χ2v) is 6.41. The van der Waals surface area contributed by atoms with Gasteiger partial charge in [-0.2, -0.15) is 11.8 Å². The maximum Gasteiger partial charge on any atom is 0.138 e. The van der Waals surface area contributed by atoms with Crippen LogP contribution in [0, 0.1) is 0 Å². The van der Waals surface area contributed by atoms with Gasteiger partial charge in [0.1, 0.15) is 11.9 Å². The molecule has 1 saturated carbocycles. The first-order valence-corrected chi connectivity index (χ1v) is 7.54. The van der Waals surface area contributed by atoms with Gasteiger partial charge in [0.05, 0.1) is 5.02 Å². The van der Waals surface area contributed by atoms with Crippen molar-refractivity contribution in [3.8, 4) is 5.75 Å². The Labute approximate surface area is 111 Å². The Morgan fingerprint density at radius 1 is 1.35 bits per heavy atom. The average molecular weight is 270 g/mol. The van der Waals surface area contributed by atoms with E-state index in [-0.39, 0.29) is 5.54 Å². The Morgan fingerprint density at radius 3 is 2.59 bits per heavy atom. The van der Waals surface area contributed by atoms with Crippen molar-refractivity contribution in [3.05, 3.63) is 28.8 Å². The standard InChI is InChI=1S/C13H16ClNOS/c14-11-6-9(13(15)4-1-5-13)2-3-12(11)16-10-7-17-8-10/h2-3,6,10H,1,4-5,7-8,15H2. The first-order chi connectivity index (χ1) is 8.17. The molecular formula is C13H16ClNOS. The molecule has 0 unspecified atom stereocenters. The van der Waals surface area contributed by atoms with Gasteiger partial charge in [0.2, 0.25) is 0 Å². The minimum absolute atomic E-state index is 0.144. The molecule has 0 bridgehead atoms. The normalized spacial score (nSPS) is 22.7. The zero-order valence-corrected chi connectivity index (χ0v) is 11.2.